The predicted molar refractivity (Wildman–Crippen MR) is 139 cm³/mol. The molecule has 0 spiro atoms. The number of carbonyl (C=O) groups excluding carboxylic acids is 1. The first-order chi connectivity index (χ1) is 16.6. The number of hydrogen-bond acceptors (Lipinski definition) is 5. The molecule has 4 aromatic carbocycles. The Bertz CT molecular complexity index is 1400. The fourth-order valence-electron chi connectivity index (χ4n) is 3.82. The minimum absolute atomic E-state index is 0.139. The second-order valence-electron chi connectivity index (χ2n) is 7.51. The van der Waals surface area contributed by atoms with Crippen LogP contribution in [-0.4, -0.2) is 20.0 Å². The Morgan fingerprint density at radius 3 is 1.59 bits per heavy atom. The van der Waals surface area contributed by atoms with Crippen molar-refractivity contribution in [2.24, 2.45) is 0 Å². The molecule has 0 atom stereocenters. The summed E-state index contributed by atoms with van der Waals surface area (Å²) < 4.78 is 12.9. The SMILES string of the molecule is COC(OC)(C(=O)c1ccccc1)c1ccccc1.O=c1c2ccccc2sc2ccccc12. The normalized spacial score (nSPS) is 11.1. The summed E-state index contributed by atoms with van der Waals surface area (Å²) in [6.07, 6.45) is 0. The molecule has 0 aliphatic rings. The van der Waals surface area contributed by atoms with Gasteiger partial charge < -0.3 is 9.47 Å². The summed E-state index contributed by atoms with van der Waals surface area (Å²) in [7, 11) is 2.94. The lowest BCUT2D eigenvalue weighted by atomic mass is 9.96. The first kappa shape index (κ1) is 23.5. The number of ether oxygens (including phenoxy) is 2. The smallest absolute Gasteiger partial charge is 0.260 e. The lowest BCUT2D eigenvalue weighted by molar-refractivity contribution is -0.176. The summed E-state index contributed by atoms with van der Waals surface area (Å²) in [5.41, 5.74) is 1.36. The van der Waals surface area contributed by atoms with E-state index in [1.165, 1.54) is 14.2 Å². The molecule has 0 fully saturated rings. The van der Waals surface area contributed by atoms with E-state index in [4.69, 9.17) is 9.47 Å². The van der Waals surface area contributed by atoms with Crippen molar-refractivity contribution in [3.63, 3.8) is 0 Å². The van der Waals surface area contributed by atoms with Crippen LogP contribution in [0.25, 0.3) is 20.2 Å². The molecule has 1 heterocycles. The number of carbonyl (C=O) groups is 1. The summed E-state index contributed by atoms with van der Waals surface area (Å²) in [6.45, 7) is 0. The second kappa shape index (κ2) is 10.5. The number of fused-ring (bicyclic) bond motifs is 2. The highest BCUT2D eigenvalue weighted by molar-refractivity contribution is 7.24. The van der Waals surface area contributed by atoms with Gasteiger partial charge in [0.25, 0.3) is 5.79 Å². The van der Waals surface area contributed by atoms with Gasteiger partial charge in [-0.2, -0.15) is 0 Å². The van der Waals surface area contributed by atoms with Gasteiger partial charge in [-0.25, -0.2) is 0 Å². The summed E-state index contributed by atoms with van der Waals surface area (Å²) in [4.78, 5) is 24.8. The highest BCUT2D eigenvalue weighted by Gasteiger charge is 2.41. The van der Waals surface area contributed by atoms with E-state index in [1.807, 2.05) is 97.1 Å². The Balaban J connectivity index is 0.000000165. The quantitative estimate of drug-likeness (QED) is 0.169. The van der Waals surface area contributed by atoms with Gasteiger partial charge >= 0.3 is 0 Å². The first-order valence-corrected chi connectivity index (χ1v) is 11.6. The average molecular weight is 469 g/mol. The van der Waals surface area contributed by atoms with Gasteiger partial charge in [0.1, 0.15) is 0 Å². The molecule has 0 N–H and O–H groups in total. The van der Waals surface area contributed by atoms with Crippen LogP contribution >= 0.6 is 11.3 Å². The van der Waals surface area contributed by atoms with Crippen LogP contribution in [0, 0.1) is 0 Å². The van der Waals surface area contributed by atoms with Crippen LogP contribution in [0.3, 0.4) is 0 Å². The highest BCUT2D eigenvalue weighted by Crippen LogP contribution is 2.30. The Labute approximate surface area is 202 Å². The summed E-state index contributed by atoms with van der Waals surface area (Å²) in [6, 6.07) is 33.7. The standard InChI is InChI=1S/C16H16O3.C13H8OS/c1-18-16(19-2,14-11-7-4-8-12-14)15(17)13-9-5-3-6-10-13;14-13-9-5-1-3-7-11(9)15-12-8-4-2-6-10(12)13/h3-12H,1-2H3;1-8H. The van der Waals surface area contributed by atoms with E-state index in [-0.39, 0.29) is 11.2 Å². The van der Waals surface area contributed by atoms with Gasteiger partial charge in [-0.15, -0.1) is 11.3 Å². The molecule has 170 valence electrons. The maximum atomic E-state index is 12.7. The van der Waals surface area contributed by atoms with Gasteiger partial charge in [-0.05, 0) is 24.3 Å². The largest absolute Gasteiger partial charge is 0.343 e. The van der Waals surface area contributed by atoms with E-state index in [0.717, 1.165) is 20.2 Å². The van der Waals surface area contributed by atoms with E-state index in [9.17, 15) is 9.59 Å². The number of hydrogen-bond donors (Lipinski definition) is 0. The van der Waals surface area contributed by atoms with E-state index in [0.29, 0.717) is 11.1 Å². The maximum Gasteiger partial charge on any atom is 0.260 e. The summed E-state index contributed by atoms with van der Waals surface area (Å²) >= 11 is 1.67. The first-order valence-electron chi connectivity index (χ1n) is 10.8. The zero-order valence-electron chi connectivity index (χ0n) is 18.9. The molecule has 5 aromatic rings. The minimum Gasteiger partial charge on any atom is -0.343 e. The van der Waals surface area contributed by atoms with Crippen LogP contribution in [0.1, 0.15) is 15.9 Å². The molecule has 0 saturated heterocycles. The zero-order valence-corrected chi connectivity index (χ0v) is 19.8. The Kier molecular flexibility index (Phi) is 7.28. The predicted octanol–water partition coefficient (Wildman–Crippen LogP) is 6.43. The van der Waals surface area contributed by atoms with Crippen molar-refractivity contribution in [3.05, 3.63) is 131 Å². The average Bonchev–Trinajstić information content (AvgIpc) is 2.91. The van der Waals surface area contributed by atoms with Crippen LogP contribution in [0.15, 0.2) is 114 Å². The van der Waals surface area contributed by atoms with E-state index in [1.54, 1.807) is 23.5 Å². The lowest BCUT2D eigenvalue weighted by Gasteiger charge is -2.29. The van der Waals surface area contributed by atoms with Crippen LogP contribution in [0.2, 0.25) is 0 Å². The second-order valence-corrected chi connectivity index (χ2v) is 8.59. The molecule has 5 rings (SSSR count). The Morgan fingerprint density at radius 2 is 1.09 bits per heavy atom. The summed E-state index contributed by atoms with van der Waals surface area (Å²) in [5.74, 6) is -1.62. The van der Waals surface area contributed by atoms with Crippen molar-refractivity contribution in [1.82, 2.24) is 0 Å². The molecule has 0 aliphatic heterocycles. The van der Waals surface area contributed by atoms with Crippen molar-refractivity contribution in [2.75, 3.05) is 14.2 Å². The van der Waals surface area contributed by atoms with E-state index >= 15 is 0 Å². The maximum absolute atomic E-state index is 12.7. The van der Waals surface area contributed by atoms with E-state index in [2.05, 4.69) is 0 Å². The molecule has 0 aliphatic carbocycles. The third kappa shape index (κ3) is 4.54. The fraction of sp³-hybridized carbons (Fsp3) is 0.103. The molecule has 0 radical (unpaired) electrons. The third-order valence-electron chi connectivity index (χ3n) is 5.55. The van der Waals surface area contributed by atoms with Crippen LogP contribution < -0.4 is 5.43 Å². The Hall–Kier alpha value is -3.64. The molecule has 1 aromatic heterocycles. The van der Waals surface area contributed by atoms with Gasteiger partial charge in [0.15, 0.2) is 5.43 Å². The molecule has 4 nitrogen and oxygen atoms in total. The summed E-state index contributed by atoms with van der Waals surface area (Å²) in [5, 5.41) is 1.64. The topological polar surface area (TPSA) is 52.6 Å². The van der Waals surface area contributed by atoms with Gasteiger partial charge in [0.05, 0.1) is 0 Å². The minimum atomic E-state index is -1.40. The van der Waals surface area contributed by atoms with Gasteiger partial charge in [-0.3, -0.25) is 9.59 Å². The van der Waals surface area contributed by atoms with Gasteiger partial charge in [0.2, 0.25) is 5.78 Å². The van der Waals surface area contributed by atoms with Crippen molar-refractivity contribution in [2.45, 2.75) is 5.79 Å². The molecule has 0 bridgehead atoms. The van der Waals surface area contributed by atoms with Gasteiger partial charge in [-0.1, -0.05) is 84.9 Å². The van der Waals surface area contributed by atoms with Crippen molar-refractivity contribution in [1.29, 1.82) is 0 Å². The molecule has 34 heavy (non-hydrogen) atoms. The molecule has 5 heteroatoms. The zero-order chi connectivity index (χ0) is 24.0. The van der Waals surface area contributed by atoms with Crippen LogP contribution in [-0.2, 0) is 15.3 Å². The fourth-order valence-corrected chi connectivity index (χ4v) is 4.89. The number of methoxy groups -OCH3 is 2. The Morgan fingerprint density at radius 1 is 0.647 bits per heavy atom. The number of Topliss-reactive ketones (excluding diaryl/α,β-unsaturated/α-hetero) is 1. The van der Waals surface area contributed by atoms with Crippen molar-refractivity contribution in [3.8, 4) is 0 Å². The lowest BCUT2D eigenvalue weighted by Crippen LogP contribution is -2.39. The molecular weight excluding hydrogens is 444 g/mol. The van der Waals surface area contributed by atoms with Crippen molar-refractivity contribution < 1.29 is 14.3 Å². The van der Waals surface area contributed by atoms with Crippen molar-refractivity contribution >= 4 is 37.3 Å². The monoisotopic (exact) mass is 468 g/mol. The number of benzene rings is 4. The number of ketones is 1. The third-order valence-corrected chi connectivity index (χ3v) is 6.70. The van der Waals surface area contributed by atoms with Crippen LogP contribution in [0.5, 0.6) is 0 Å². The molecular formula is C29H24O4S. The molecule has 0 saturated carbocycles. The van der Waals surface area contributed by atoms with Crippen LogP contribution in [0.4, 0.5) is 0 Å². The molecule has 0 amide bonds. The molecule has 0 unspecified atom stereocenters. The van der Waals surface area contributed by atoms with Gasteiger partial charge in [0, 0.05) is 45.5 Å². The number of rotatable bonds is 5. The van der Waals surface area contributed by atoms with E-state index < -0.39 is 5.79 Å². The highest BCUT2D eigenvalue weighted by atomic mass is 32.1.